The van der Waals surface area contributed by atoms with Gasteiger partial charge < -0.3 is 14.9 Å². The van der Waals surface area contributed by atoms with E-state index in [-0.39, 0.29) is 24.6 Å². The standard InChI is InChI=1S/C25H29FN2O4/c1-15(2)24-21(11-10-19(29)13-20(30)14-23(31)32-4)25(17-6-8-18(26)9-7-17)27-28-16(3)5-12-22(24)28/h5-12,15,19-20,29-30H,13-14H2,1-4H3/b11-10+. The van der Waals surface area contributed by atoms with Gasteiger partial charge in [0.05, 0.1) is 36.9 Å². The number of fused-ring (bicyclic) bond motifs is 1. The summed E-state index contributed by atoms with van der Waals surface area (Å²) in [5.74, 6) is -0.716. The maximum Gasteiger partial charge on any atom is 0.308 e. The molecule has 7 heteroatoms. The summed E-state index contributed by atoms with van der Waals surface area (Å²) in [7, 11) is 1.25. The molecule has 2 heterocycles. The van der Waals surface area contributed by atoms with Crippen LogP contribution in [-0.2, 0) is 9.53 Å². The number of aryl methyl sites for hydroxylation is 1. The van der Waals surface area contributed by atoms with Crippen molar-refractivity contribution in [3.05, 3.63) is 65.1 Å². The van der Waals surface area contributed by atoms with Crippen LogP contribution in [0.4, 0.5) is 4.39 Å². The lowest BCUT2D eigenvalue weighted by Gasteiger charge is -2.18. The molecule has 0 radical (unpaired) electrons. The summed E-state index contributed by atoms with van der Waals surface area (Å²) in [4.78, 5) is 11.3. The van der Waals surface area contributed by atoms with Gasteiger partial charge in [0.2, 0.25) is 0 Å². The predicted octanol–water partition coefficient (Wildman–Crippen LogP) is 4.26. The topological polar surface area (TPSA) is 84.1 Å². The fraction of sp³-hybridized carbons (Fsp3) is 0.360. The molecular formula is C25H29FN2O4. The van der Waals surface area contributed by atoms with Gasteiger partial charge in [0.25, 0.3) is 0 Å². The van der Waals surface area contributed by atoms with Crippen LogP contribution in [0.1, 0.15) is 49.4 Å². The lowest BCUT2D eigenvalue weighted by molar-refractivity contribution is -0.143. The lowest BCUT2D eigenvalue weighted by atomic mass is 9.93. The smallest absolute Gasteiger partial charge is 0.308 e. The SMILES string of the molecule is COC(=O)CC(O)CC(O)/C=C/c1c(-c2ccc(F)cc2)nn2c(C)ccc2c1C(C)C. The van der Waals surface area contributed by atoms with Crippen molar-refractivity contribution in [2.45, 2.75) is 51.7 Å². The summed E-state index contributed by atoms with van der Waals surface area (Å²) in [6.45, 7) is 6.14. The third-order valence-corrected chi connectivity index (χ3v) is 5.39. The number of aliphatic hydroxyl groups is 2. The van der Waals surface area contributed by atoms with Crippen LogP contribution >= 0.6 is 0 Å². The van der Waals surface area contributed by atoms with Gasteiger partial charge in [-0.15, -0.1) is 0 Å². The van der Waals surface area contributed by atoms with Gasteiger partial charge in [0.1, 0.15) is 5.82 Å². The first kappa shape index (κ1) is 23.6. The highest BCUT2D eigenvalue weighted by molar-refractivity contribution is 5.79. The van der Waals surface area contributed by atoms with Gasteiger partial charge in [-0.2, -0.15) is 5.10 Å². The Labute approximate surface area is 187 Å². The lowest BCUT2D eigenvalue weighted by Crippen LogP contribution is -2.20. The van der Waals surface area contributed by atoms with E-state index in [2.05, 4.69) is 18.6 Å². The molecule has 6 nitrogen and oxygen atoms in total. The Morgan fingerprint density at radius 3 is 2.50 bits per heavy atom. The maximum atomic E-state index is 13.5. The van der Waals surface area contributed by atoms with E-state index in [0.29, 0.717) is 5.69 Å². The fourth-order valence-electron chi connectivity index (χ4n) is 3.81. The molecule has 170 valence electrons. The molecule has 0 aliphatic rings. The van der Waals surface area contributed by atoms with Crippen molar-refractivity contribution in [1.82, 2.24) is 9.61 Å². The molecular weight excluding hydrogens is 411 g/mol. The van der Waals surface area contributed by atoms with E-state index >= 15 is 0 Å². The van der Waals surface area contributed by atoms with E-state index in [1.807, 2.05) is 23.6 Å². The van der Waals surface area contributed by atoms with Gasteiger partial charge in [-0.3, -0.25) is 4.79 Å². The molecule has 3 rings (SSSR count). The maximum absolute atomic E-state index is 13.5. The monoisotopic (exact) mass is 440 g/mol. The van der Waals surface area contributed by atoms with Crippen molar-refractivity contribution in [1.29, 1.82) is 0 Å². The molecule has 2 N–H and O–H groups in total. The molecule has 0 aliphatic heterocycles. The quantitative estimate of drug-likeness (QED) is 0.512. The number of carbonyl (C=O) groups is 1. The van der Waals surface area contributed by atoms with Crippen molar-refractivity contribution < 1.29 is 24.1 Å². The molecule has 2 atom stereocenters. The first-order valence-electron chi connectivity index (χ1n) is 10.6. The van der Waals surface area contributed by atoms with Crippen LogP contribution in [0.15, 0.2) is 42.5 Å². The number of nitrogens with zero attached hydrogens (tertiary/aromatic N) is 2. The number of halogens is 1. The number of hydrogen-bond acceptors (Lipinski definition) is 5. The van der Waals surface area contributed by atoms with Crippen molar-refractivity contribution in [2.24, 2.45) is 0 Å². The molecule has 0 bridgehead atoms. The molecule has 0 saturated heterocycles. The van der Waals surface area contributed by atoms with Crippen LogP contribution in [0.5, 0.6) is 0 Å². The van der Waals surface area contributed by atoms with E-state index in [1.165, 1.54) is 19.2 Å². The first-order valence-corrected chi connectivity index (χ1v) is 10.6. The van der Waals surface area contributed by atoms with E-state index in [9.17, 15) is 19.4 Å². The number of methoxy groups -OCH3 is 1. The van der Waals surface area contributed by atoms with Gasteiger partial charge in [-0.05, 0) is 54.8 Å². The highest BCUT2D eigenvalue weighted by Gasteiger charge is 2.20. The molecule has 0 aliphatic carbocycles. The second kappa shape index (κ2) is 10.1. The number of rotatable bonds is 8. The average molecular weight is 441 g/mol. The zero-order chi connectivity index (χ0) is 23.4. The Morgan fingerprint density at radius 2 is 1.88 bits per heavy atom. The highest BCUT2D eigenvalue weighted by Crippen LogP contribution is 2.34. The zero-order valence-corrected chi connectivity index (χ0v) is 18.7. The largest absolute Gasteiger partial charge is 0.469 e. The average Bonchev–Trinajstić information content (AvgIpc) is 3.11. The number of aromatic nitrogens is 2. The number of hydrogen-bond donors (Lipinski definition) is 2. The number of ether oxygens (including phenoxy) is 1. The number of carbonyl (C=O) groups excluding carboxylic acids is 1. The Hall–Kier alpha value is -3.03. The molecule has 32 heavy (non-hydrogen) atoms. The number of benzene rings is 1. The minimum atomic E-state index is -1.02. The minimum absolute atomic E-state index is 0.00555. The van der Waals surface area contributed by atoms with Crippen LogP contribution in [0.2, 0.25) is 0 Å². The third kappa shape index (κ3) is 5.23. The minimum Gasteiger partial charge on any atom is -0.469 e. The van der Waals surface area contributed by atoms with Gasteiger partial charge in [-0.1, -0.05) is 26.0 Å². The van der Waals surface area contributed by atoms with Crippen LogP contribution in [0, 0.1) is 12.7 Å². The molecule has 3 aromatic rings. The fourth-order valence-corrected chi connectivity index (χ4v) is 3.81. The summed E-state index contributed by atoms with van der Waals surface area (Å²) in [5, 5.41) is 25.3. The van der Waals surface area contributed by atoms with Gasteiger partial charge in [0, 0.05) is 23.2 Å². The van der Waals surface area contributed by atoms with Crippen molar-refractivity contribution in [3.8, 4) is 11.3 Å². The molecule has 2 aromatic heterocycles. The predicted molar refractivity (Wildman–Crippen MR) is 122 cm³/mol. The zero-order valence-electron chi connectivity index (χ0n) is 18.7. The number of esters is 1. The molecule has 0 spiro atoms. The van der Waals surface area contributed by atoms with Crippen molar-refractivity contribution in [2.75, 3.05) is 7.11 Å². The second-order valence-electron chi connectivity index (χ2n) is 8.21. The van der Waals surface area contributed by atoms with Crippen LogP contribution < -0.4 is 0 Å². The van der Waals surface area contributed by atoms with Crippen LogP contribution in [-0.4, -0.2) is 45.1 Å². The normalized spacial score (nSPS) is 13.8. The summed E-state index contributed by atoms with van der Waals surface area (Å²) in [6, 6.07) is 10.2. The van der Waals surface area contributed by atoms with Crippen molar-refractivity contribution in [3.63, 3.8) is 0 Å². The summed E-state index contributed by atoms with van der Waals surface area (Å²) in [5.41, 5.74) is 5.22. The molecule has 0 fully saturated rings. The molecule has 0 amide bonds. The van der Waals surface area contributed by atoms with Gasteiger partial charge in [0.15, 0.2) is 0 Å². The Bertz CT molecular complexity index is 1120. The van der Waals surface area contributed by atoms with Crippen LogP contribution in [0.3, 0.4) is 0 Å². The second-order valence-corrected chi connectivity index (χ2v) is 8.21. The van der Waals surface area contributed by atoms with Gasteiger partial charge in [-0.25, -0.2) is 8.91 Å². The van der Waals surface area contributed by atoms with E-state index in [1.54, 1.807) is 24.3 Å². The molecule has 2 unspecified atom stereocenters. The van der Waals surface area contributed by atoms with Crippen LogP contribution in [0.25, 0.3) is 22.9 Å². The highest BCUT2D eigenvalue weighted by atomic mass is 19.1. The summed E-state index contributed by atoms with van der Waals surface area (Å²) >= 11 is 0. The Balaban J connectivity index is 2.06. The summed E-state index contributed by atoms with van der Waals surface area (Å²) < 4.78 is 20.0. The van der Waals surface area contributed by atoms with E-state index < -0.39 is 18.2 Å². The summed E-state index contributed by atoms with van der Waals surface area (Å²) in [6.07, 6.45) is 1.20. The first-order chi connectivity index (χ1) is 15.2. The Morgan fingerprint density at radius 1 is 1.19 bits per heavy atom. The van der Waals surface area contributed by atoms with E-state index in [0.717, 1.165) is 27.9 Å². The van der Waals surface area contributed by atoms with Crippen molar-refractivity contribution >= 4 is 17.6 Å². The van der Waals surface area contributed by atoms with Gasteiger partial charge >= 0.3 is 5.97 Å². The number of aliphatic hydroxyl groups excluding tert-OH is 2. The molecule has 0 saturated carbocycles. The van der Waals surface area contributed by atoms with E-state index in [4.69, 9.17) is 5.10 Å². The third-order valence-electron chi connectivity index (χ3n) is 5.39. The Kier molecular flexibility index (Phi) is 7.43. The molecule has 1 aromatic carbocycles.